The van der Waals surface area contributed by atoms with Crippen molar-refractivity contribution >= 4 is 40.3 Å². The molecule has 0 spiro atoms. The molecule has 0 radical (unpaired) electrons. The highest BCUT2D eigenvalue weighted by Gasteiger charge is 2.21. The average Bonchev–Trinajstić information content (AvgIpc) is 3.25. The van der Waals surface area contributed by atoms with Crippen LogP contribution in [0.2, 0.25) is 0 Å². The second-order valence-corrected chi connectivity index (χ2v) is 9.46. The molecule has 0 amide bonds. The molecule has 3 aromatic rings. The van der Waals surface area contributed by atoms with Crippen LogP contribution >= 0.6 is 24.3 Å². The molecule has 11 heteroatoms. The van der Waals surface area contributed by atoms with Crippen molar-refractivity contribution in [2.75, 3.05) is 11.0 Å². The van der Waals surface area contributed by atoms with E-state index in [1.807, 2.05) is 30.7 Å². The zero-order valence-corrected chi connectivity index (χ0v) is 20.3. The van der Waals surface area contributed by atoms with Gasteiger partial charge in [0, 0.05) is 10.6 Å². The van der Waals surface area contributed by atoms with Crippen LogP contribution in [-0.2, 0) is 28.0 Å². The van der Waals surface area contributed by atoms with Gasteiger partial charge in [-0.3, -0.25) is 9.27 Å². The van der Waals surface area contributed by atoms with E-state index in [4.69, 9.17) is 5.68 Å². The lowest BCUT2D eigenvalue weighted by Crippen LogP contribution is -2.15. The molecule has 32 heavy (non-hydrogen) atoms. The zero-order valence-electron chi connectivity index (χ0n) is 18.9. The maximum absolute atomic E-state index is 10.9. The fourth-order valence-corrected chi connectivity index (χ4v) is 4.06. The second-order valence-electron chi connectivity index (χ2n) is 7.26. The van der Waals surface area contributed by atoms with Gasteiger partial charge in [0.1, 0.15) is 13.8 Å². The van der Waals surface area contributed by atoms with E-state index < -0.39 is 15.7 Å². The van der Waals surface area contributed by atoms with E-state index in [1.54, 1.807) is 53.3 Å². The van der Waals surface area contributed by atoms with Crippen LogP contribution in [0.4, 0.5) is 5.69 Å². The number of nitrogens with zero attached hydrogens (tertiary/aromatic N) is 4. The van der Waals surface area contributed by atoms with Crippen molar-refractivity contribution in [2.24, 2.45) is 0 Å². The number of thioether (sulfide) groups is 1. The van der Waals surface area contributed by atoms with Crippen LogP contribution in [0.5, 0.6) is 0 Å². The summed E-state index contributed by atoms with van der Waals surface area (Å²) in [5, 5.41) is 13.7. The van der Waals surface area contributed by atoms with E-state index in [1.165, 1.54) is 6.33 Å². The molecule has 170 valence electrons. The number of rotatable bonds is 8. The predicted octanol–water partition coefficient (Wildman–Crippen LogP) is 4.18. The van der Waals surface area contributed by atoms with E-state index >= 15 is 0 Å². The van der Waals surface area contributed by atoms with E-state index in [2.05, 4.69) is 22.2 Å². The number of nitrogens with one attached hydrogen (secondary N) is 1. The quantitative estimate of drug-likeness (QED) is 0.244. The highest BCUT2D eigenvalue weighted by Crippen LogP contribution is 2.29. The Hall–Kier alpha value is -2.52. The number of aromatic nitrogens is 3. The van der Waals surface area contributed by atoms with Crippen LogP contribution in [0, 0.1) is 11.3 Å². The molecule has 0 bridgehead atoms. The highest BCUT2D eigenvalue weighted by molar-refractivity contribution is 7.98. The molecule has 1 aromatic heterocycles. The third-order valence-electron chi connectivity index (χ3n) is 4.37. The first kappa shape index (κ1) is 24.1. The van der Waals surface area contributed by atoms with Gasteiger partial charge in [0.15, 0.2) is 0 Å². The number of anilines is 1. The van der Waals surface area contributed by atoms with Gasteiger partial charge in [-0.05, 0) is 61.1 Å². The van der Waals surface area contributed by atoms with Crippen LogP contribution in [0.15, 0.2) is 60.0 Å². The summed E-state index contributed by atoms with van der Waals surface area (Å²) in [6, 6.07) is 15.2. The SMILES string of the molecule is CC(C)(C#N)c1cc(CSc2ccc(NS(=O)(=O)O)cc2)cc(Cn2cncn2)c1.[3H]SC. The minimum atomic E-state index is -4.29. The molecular weight excluding hydrogens is 466 g/mol. The fraction of sp³-hybridized carbons (Fsp3) is 0.286. The van der Waals surface area contributed by atoms with Gasteiger partial charge >= 0.3 is 10.3 Å². The van der Waals surface area contributed by atoms with Crippen LogP contribution < -0.4 is 4.72 Å². The molecule has 2 aromatic carbocycles. The zero-order chi connectivity index (χ0) is 24.5. The van der Waals surface area contributed by atoms with E-state index in [-0.39, 0.29) is 5.69 Å². The van der Waals surface area contributed by atoms with Crippen LogP contribution in [0.1, 0.15) is 30.5 Å². The van der Waals surface area contributed by atoms with Crippen molar-refractivity contribution in [3.63, 3.8) is 0 Å². The lowest BCUT2D eigenvalue weighted by Gasteiger charge is -2.19. The van der Waals surface area contributed by atoms with Crippen molar-refractivity contribution < 1.29 is 13.0 Å². The molecule has 1 heterocycles. The maximum Gasteiger partial charge on any atom is 0.357 e. The van der Waals surface area contributed by atoms with Gasteiger partial charge in [-0.1, -0.05) is 18.2 Å². The van der Waals surface area contributed by atoms with Crippen molar-refractivity contribution in [3.8, 4) is 6.07 Å². The summed E-state index contributed by atoms with van der Waals surface area (Å²) in [6.07, 6.45) is 4.85. The van der Waals surface area contributed by atoms with Crippen molar-refractivity contribution in [1.29, 1.82) is 6.39 Å². The molecule has 0 aliphatic heterocycles. The molecule has 3 rings (SSSR count). The Morgan fingerprint density at radius 2 is 1.94 bits per heavy atom. The number of hydrogen-bond donors (Lipinski definition) is 3. The Balaban J connectivity index is 0.00000122. The summed E-state index contributed by atoms with van der Waals surface area (Å²) in [4.78, 5) is 4.91. The summed E-state index contributed by atoms with van der Waals surface area (Å²) >= 11 is 2.59. The molecule has 8 nitrogen and oxygen atoms in total. The molecule has 0 unspecified atom stereocenters. The standard InChI is InChI=1S/C20H21N5O3S2.CH4S/c1-20(2,12-21)17-8-15(10-25-14-22-13-23-25)7-16(9-17)11-29-19-5-3-18(4-6-19)24-30(26,27)28;1-2/h3-9,13-14,24H,10-11H2,1-2H3,(H,26,27,28);2H,1H3/i/hT. The highest BCUT2D eigenvalue weighted by atomic mass is 32.2. The molecule has 0 fully saturated rings. The molecule has 0 aliphatic rings. The first-order chi connectivity index (χ1) is 15.6. The summed E-state index contributed by atoms with van der Waals surface area (Å²) in [5.74, 6) is 0.671. The Morgan fingerprint density at radius 1 is 1.28 bits per heavy atom. The molecule has 0 aliphatic carbocycles. The number of thiol groups is 1. The minimum absolute atomic E-state index is 0.287. The third kappa shape index (κ3) is 7.87. The van der Waals surface area contributed by atoms with Crippen LogP contribution in [0.25, 0.3) is 0 Å². The second kappa shape index (κ2) is 11.4. The van der Waals surface area contributed by atoms with Gasteiger partial charge in [-0.2, -0.15) is 31.3 Å². The number of nitriles is 1. The minimum Gasteiger partial charge on any atom is -0.269 e. The van der Waals surface area contributed by atoms with Crippen molar-refractivity contribution in [3.05, 3.63) is 71.8 Å². The molecule has 0 atom stereocenters. The predicted molar refractivity (Wildman–Crippen MR) is 130 cm³/mol. The van der Waals surface area contributed by atoms with E-state index in [0.29, 0.717) is 12.3 Å². The van der Waals surface area contributed by atoms with Gasteiger partial charge in [0.2, 0.25) is 0 Å². The Labute approximate surface area is 199 Å². The Bertz CT molecular complexity index is 1180. The van der Waals surface area contributed by atoms with E-state index in [9.17, 15) is 13.7 Å². The molecule has 0 saturated heterocycles. The van der Waals surface area contributed by atoms with Crippen LogP contribution in [0.3, 0.4) is 0 Å². The van der Waals surface area contributed by atoms with Gasteiger partial charge in [-0.15, -0.1) is 11.8 Å². The first-order valence-corrected chi connectivity index (χ1v) is 12.6. The number of hydrogen-bond acceptors (Lipinski definition) is 7. The van der Waals surface area contributed by atoms with Gasteiger partial charge < -0.3 is 0 Å². The summed E-state index contributed by atoms with van der Waals surface area (Å²) in [7, 11) is -4.29. The van der Waals surface area contributed by atoms with Crippen molar-refractivity contribution in [2.45, 2.75) is 36.5 Å². The van der Waals surface area contributed by atoms with Crippen molar-refractivity contribution in [1.82, 2.24) is 14.8 Å². The summed E-state index contributed by atoms with van der Waals surface area (Å²) in [6.45, 7) is 4.34. The average molecular weight is 494 g/mol. The molecule has 2 N–H and O–H groups in total. The topological polar surface area (TPSA) is 121 Å². The Morgan fingerprint density at radius 3 is 2.50 bits per heavy atom. The lowest BCUT2D eigenvalue weighted by atomic mass is 9.84. The Kier molecular flexibility index (Phi) is 8.58. The smallest absolute Gasteiger partial charge is 0.269 e. The fourth-order valence-electron chi connectivity index (χ4n) is 2.80. The van der Waals surface area contributed by atoms with Gasteiger partial charge in [0.05, 0.1) is 23.7 Å². The summed E-state index contributed by atoms with van der Waals surface area (Å²) < 4.78 is 40.5. The monoisotopic (exact) mass is 493 g/mol. The molecule has 0 saturated carbocycles. The van der Waals surface area contributed by atoms with Gasteiger partial charge in [0.25, 0.3) is 0 Å². The first-order valence-electron chi connectivity index (χ1n) is 9.81. The molecular formula is C21H25N5O3S3. The lowest BCUT2D eigenvalue weighted by molar-refractivity contribution is 0.489. The summed E-state index contributed by atoms with van der Waals surface area (Å²) in [5.41, 5.74) is 2.70. The van der Waals surface area contributed by atoms with Crippen LogP contribution in [-0.4, -0.2) is 35.1 Å². The normalized spacial score (nSPS) is 11.7. The third-order valence-corrected chi connectivity index (χ3v) is 5.95. The van der Waals surface area contributed by atoms with Gasteiger partial charge in [-0.25, -0.2) is 9.67 Å². The number of benzene rings is 2. The van der Waals surface area contributed by atoms with E-state index in [0.717, 1.165) is 34.1 Å². The maximum atomic E-state index is 10.9. The largest absolute Gasteiger partial charge is 0.357 e.